The summed E-state index contributed by atoms with van der Waals surface area (Å²) < 4.78 is 0. The first-order valence-electron chi connectivity index (χ1n) is 12.8. The number of hydrogen-bond acceptors (Lipinski definition) is 3. The van der Waals surface area contributed by atoms with E-state index < -0.39 is 0 Å². The number of nitrogens with zero attached hydrogens (tertiary/aromatic N) is 2. The number of likely N-dealkylation sites (tertiary alicyclic amines) is 1. The quantitative estimate of drug-likeness (QED) is 0.655. The van der Waals surface area contributed by atoms with Crippen LogP contribution in [0.25, 0.3) is 0 Å². The van der Waals surface area contributed by atoms with Crippen LogP contribution in [0.1, 0.15) is 83.5 Å². The van der Waals surface area contributed by atoms with Gasteiger partial charge in [-0.05, 0) is 74.5 Å². The van der Waals surface area contributed by atoms with E-state index in [1.54, 1.807) is 0 Å². The van der Waals surface area contributed by atoms with Crippen LogP contribution in [0.4, 0.5) is 0 Å². The molecule has 1 heterocycles. The van der Waals surface area contributed by atoms with Gasteiger partial charge in [0.1, 0.15) is 0 Å². The number of hydrogen-bond donors (Lipinski definition) is 1. The number of aliphatic hydroxyl groups is 1. The monoisotopic (exact) mass is 404 g/mol. The van der Waals surface area contributed by atoms with Crippen molar-refractivity contribution in [3.8, 4) is 0 Å². The van der Waals surface area contributed by atoms with Crippen molar-refractivity contribution in [2.45, 2.75) is 83.5 Å². The molecule has 4 heteroatoms. The fourth-order valence-corrected chi connectivity index (χ4v) is 6.92. The second-order valence-electron chi connectivity index (χ2n) is 10.8. The van der Waals surface area contributed by atoms with Gasteiger partial charge in [0.05, 0.1) is 6.54 Å². The largest absolute Gasteiger partial charge is 0.396 e. The predicted octanol–water partition coefficient (Wildman–Crippen LogP) is 4.32. The fourth-order valence-electron chi connectivity index (χ4n) is 6.92. The summed E-state index contributed by atoms with van der Waals surface area (Å²) in [7, 11) is 0. The molecule has 4 aliphatic rings. The van der Waals surface area contributed by atoms with Crippen molar-refractivity contribution in [3.63, 3.8) is 0 Å². The van der Waals surface area contributed by atoms with Crippen molar-refractivity contribution in [1.82, 2.24) is 9.80 Å². The van der Waals surface area contributed by atoms with Crippen LogP contribution in [0, 0.1) is 29.6 Å². The van der Waals surface area contributed by atoms with E-state index >= 15 is 0 Å². The molecule has 0 spiro atoms. The SMILES string of the molecule is O=C(CN(CC1CCCC1)C[C@@H]1CC[C@H](C2CCCC2)C1)N1CCC(CO)CC1. The molecule has 0 aromatic carbocycles. The number of carbonyl (C=O) groups excluding carboxylic acids is 1. The molecule has 166 valence electrons. The second-order valence-corrected chi connectivity index (χ2v) is 10.8. The van der Waals surface area contributed by atoms with Crippen molar-refractivity contribution >= 4 is 5.91 Å². The third kappa shape index (κ3) is 5.97. The maximum absolute atomic E-state index is 13.0. The summed E-state index contributed by atoms with van der Waals surface area (Å²) in [5.41, 5.74) is 0. The highest BCUT2D eigenvalue weighted by Gasteiger charge is 2.34. The molecule has 0 bridgehead atoms. The first kappa shape index (κ1) is 21.6. The van der Waals surface area contributed by atoms with Gasteiger partial charge in [0.25, 0.3) is 0 Å². The first-order chi connectivity index (χ1) is 14.2. The molecule has 1 aliphatic heterocycles. The Morgan fingerprint density at radius 3 is 2.10 bits per heavy atom. The third-order valence-corrected chi connectivity index (χ3v) is 8.74. The van der Waals surface area contributed by atoms with Gasteiger partial charge in [0.15, 0.2) is 0 Å². The van der Waals surface area contributed by atoms with Crippen LogP contribution in [0.3, 0.4) is 0 Å². The molecule has 29 heavy (non-hydrogen) atoms. The van der Waals surface area contributed by atoms with Gasteiger partial charge in [-0.15, -0.1) is 0 Å². The Bertz CT molecular complexity index is 505. The molecule has 4 rings (SSSR count). The molecular weight excluding hydrogens is 360 g/mol. The van der Waals surface area contributed by atoms with Gasteiger partial charge in [0, 0.05) is 32.8 Å². The number of amides is 1. The van der Waals surface area contributed by atoms with E-state index in [2.05, 4.69) is 9.80 Å². The molecule has 1 amide bonds. The Morgan fingerprint density at radius 2 is 1.41 bits per heavy atom. The molecule has 0 unspecified atom stereocenters. The summed E-state index contributed by atoms with van der Waals surface area (Å²) in [5.74, 6) is 4.36. The zero-order valence-corrected chi connectivity index (χ0v) is 18.6. The maximum atomic E-state index is 13.0. The molecule has 3 aliphatic carbocycles. The van der Waals surface area contributed by atoms with Crippen molar-refractivity contribution in [3.05, 3.63) is 0 Å². The number of carbonyl (C=O) groups is 1. The van der Waals surface area contributed by atoms with Crippen LogP contribution in [0.2, 0.25) is 0 Å². The molecule has 1 saturated heterocycles. The average Bonchev–Trinajstić information content (AvgIpc) is 3.50. The van der Waals surface area contributed by atoms with E-state index in [0.29, 0.717) is 18.4 Å². The van der Waals surface area contributed by atoms with Gasteiger partial charge in [0.2, 0.25) is 5.91 Å². The van der Waals surface area contributed by atoms with Crippen molar-refractivity contribution in [2.75, 3.05) is 39.3 Å². The van der Waals surface area contributed by atoms with Crippen molar-refractivity contribution in [1.29, 1.82) is 0 Å². The summed E-state index contributed by atoms with van der Waals surface area (Å²) >= 11 is 0. The van der Waals surface area contributed by atoms with Crippen LogP contribution >= 0.6 is 0 Å². The molecule has 0 radical (unpaired) electrons. The minimum Gasteiger partial charge on any atom is -0.396 e. The van der Waals surface area contributed by atoms with Gasteiger partial charge >= 0.3 is 0 Å². The van der Waals surface area contributed by atoms with Gasteiger partial charge in [-0.25, -0.2) is 0 Å². The number of aliphatic hydroxyl groups excluding tert-OH is 1. The van der Waals surface area contributed by atoms with E-state index in [-0.39, 0.29) is 6.61 Å². The Labute approximate surface area is 178 Å². The molecule has 4 nitrogen and oxygen atoms in total. The standard InChI is InChI=1S/C25H44N2O2/c28-19-21-11-13-27(14-12-21)25(29)18-26(16-20-5-1-2-6-20)17-22-9-10-24(15-22)23-7-3-4-8-23/h20-24,28H,1-19H2/t22-,24+/m1/s1. The topological polar surface area (TPSA) is 43.8 Å². The summed E-state index contributed by atoms with van der Waals surface area (Å²) in [6, 6.07) is 0. The van der Waals surface area contributed by atoms with Crippen LogP contribution < -0.4 is 0 Å². The normalized spacial score (nSPS) is 30.1. The fraction of sp³-hybridized carbons (Fsp3) is 0.960. The van der Waals surface area contributed by atoms with E-state index in [9.17, 15) is 9.90 Å². The van der Waals surface area contributed by atoms with Gasteiger partial charge in [-0.3, -0.25) is 9.69 Å². The summed E-state index contributed by atoms with van der Waals surface area (Å²) in [5, 5.41) is 9.37. The lowest BCUT2D eigenvalue weighted by atomic mass is 9.89. The minimum absolute atomic E-state index is 0.277. The molecule has 0 aromatic rings. The second kappa shape index (κ2) is 10.6. The third-order valence-electron chi connectivity index (χ3n) is 8.74. The van der Waals surface area contributed by atoms with E-state index in [0.717, 1.165) is 62.7 Å². The highest BCUT2D eigenvalue weighted by molar-refractivity contribution is 5.78. The number of piperidine rings is 1. The summed E-state index contributed by atoms with van der Waals surface area (Å²) in [4.78, 5) is 17.7. The zero-order chi connectivity index (χ0) is 20.1. The van der Waals surface area contributed by atoms with Crippen molar-refractivity contribution < 1.29 is 9.90 Å². The lowest BCUT2D eigenvalue weighted by molar-refractivity contribution is -0.134. The average molecular weight is 405 g/mol. The highest BCUT2D eigenvalue weighted by Crippen LogP contribution is 2.43. The van der Waals surface area contributed by atoms with Gasteiger partial charge in [-0.2, -0.15) is 0 Å². The lowest BCUT2D eigenvalue weighted by Gasteiger charge is -2.34. The maximum Gasteiger partial charge on any atom is 0.236 e. The van der Waals surface area contributed by atoms with Crippen LogP contribution in [-0.4, -0.2) is 60.1 Å². The number of rotatable bonds is 8. The summed E-state index contributed by atoms with van der Waals surface area (Å²) in [6.07, 6.45) is 17.5. The van der Waals surface area contributed by atoms with Gasteiger partial charge < -0.3 is 10.0 Å². The Hall–Kier alpha value is -0.610. The molecule has 3 saturated carbocycles. The van der Waals surface area contributed by atoms with Crippen LogP contribution in [0.15, 0.2) is 0 Å². The summed E-state index contributed by atoms with van der Waals surface area (Å²) in [6.45, 7) is 4.88. The Morgan fingerprint density at radius 1 is 0.759 bits per heavy atom. The molecule has 1 N–H and O–H groups in total. The molecule has 0 aromatic heterocycles. The Kier molecular flexibility index (Phi) is 7.91. The van der Waals surface area contributed by atoms with Gasteiger partial charge in [-0.1, -0.05) is 38.5 Å². The highest BCUT2D eigenvalue weighted by atomic mass is 16.3. The lowest BCUT2D eigenvalue weighted by Crippen LogP contribution is -2.46. The van der Waals surface area contributed by atoms with E-state index in [4.69, 9.17) is 0 Å². The first-order valence-corrected chi connectivity index (χ1v) is 12.8. The zero-order valence-electron chi connectivity index (χ0n) is 18.6. The Balaban J connectivity index is 1.29. The molecule has 2 atom stereocenters. The van der Waals surface area contributed by atoms with E-state index in [1.807, 2.05) is 0 Å². The predicted molar refractivity (Wildman–Crippen MR) is 118 cm³/mol. The van der Waals surface area contributed by atoms with E-state index in [1.165, 1.54) is 70.6 Å². The molecular formula is C25H44N2O2. The smallest absolute Gasteiger partial charge is 0.236 e. The van der Waals surface area contributed by atoms with Crippen molar-refractivity contribution in [2.24, 2.45) is 29.6 Å². The van der Waals surface area contributed by atoms with Crippen LogP contribution in [-0.2, 0) is 4.79 Å². The van der Waals surface area contributed by atoms with Crippen LogP contribution in [0.5, 0.6) is 0 Å². The molecule has 4 fully saturated rings. The minimum atomic E-state index is 0.277.